The third kappa shape index (κ3) is 3.71. The summed E-state index contributed by atoms with van der Waals surface area (Å²) in [6.07, 6.45) is 2.99. The molecule has 1 aromatic carbocycles. The van der Waals surface area contributed by atoms with Gasteiger partial charge in [-0.05, 0) is 53.4 Å². The summed E-state index contributed by atoms with van der Waals surface area (Å²) in [7, 11) is 0. The monoisotopic (exact) mass is 362 g/mol. The predicted molar refractivity (Wildman–Crippen MR) is 82.5 cm³/mol. The molecule has 1 aromatic rings. The summed E-state index contributed by atoms with van der Waals surface area (Å²) in [5, 5.41) is 6.17. The van der Waals surface area contributed by atoms with Gasteiger partial charge in [-0.1, -0.05) is 24.9 Å². The van der Waals surface area contributed by atoms with Crippen molar-refractivity contribution in [3.63, 3.8) is 0 Å². The van der Waals surface area contributed by atoms with Crippen LogP contribution in [0.4, 0.5) is 10.1 Å². The number of carbonyl (C=O) groups excluding carboxylic acids is 1. The Morgan fingerprint density at radius 2 is 2.35 bits per heavy atom. The standard InChI is InChI=1S/C14H17BrClFN2O/c1-2-8-3-4-18-12(5-8)14(20)19-13-10(15)6-9(17)7-11(13)16/h6-8,12,18H,2-5H2,1H3,(H,19,20). The predicted octanol–water partition coefficient (Wildman–Crippen LogP) is 3.96. The first kappa shape index (κ1) is 15.7. The molecule has 0 aliphatic carbocycles. The molecule has 6 heteroatoms. The SMILES string of the molecule is CCC1CCNC(C(=O)Nc2c(Cl)cc(F)cc2Br)C1. The average Bonchev–Trinajstić information content (AvgIpc) is 2.42. The van der Waals surface area contributed by atoms with Gasteiger partial charge in [0, 0.05) is 4.47 Å². The molecule has 2 rings (SSSR count). The number of piperidine rings is 1. The molecular weight excluding hydrogens is 347 g/mol. The van der Waals surface area contributed by atoms with Crippen LogP contribution in [0.5, 0.6) is 0 Å². The van der Waals surface area contributed by atoms with Crippen molar-refractivity contribution in [2.24, 2.45) is 5.92 Å². The van der Waals surface area contributed by atoms with E-state index in [4.69, 9.17) is 11.6 Å². The minimum absolute atomic E-state index is 0.127. The number of hydrogen-bond donors (Lipinski definition) is 2. The van der Waals surface area contributed by atoms with E-state index in [-0.39, 0.29) is 17.0 Å². The maximum Gasteiger partial charge on any atom is 0.241 e. The van der Waals surface area contributed by atoms with Crippen molar-refractivity contribution in [2.45, 2.75) is 32.2 Å². The molecule has 0 aromatic heterocycles. The van der Waals surface area contributed by atoms with Crippen LogP contribution < -0.4 is 10.6 Å². The number of anilines is 1. The van der Waals surface area contributed by atoms with Crippen LogP contribution in [0.2, 0.25) is 5.02 Å². The molecule has 110 valence electrons. The minimum Gasteiger partial charge on any atom is -0.322 e. The van der Waals surface area contributed by atoms with E-state index in [1.807, 2.05) is 0 Å². The summed E-state index contributed by atoms with van der Waals surface area (Å²) in [6.45, 7) is 2.98. The van der Waals surface area contributed by atoms with Gasteiger partial charge in [-0.25, -0.2) is 4.39 Å². The normalized spacial score (nSPS) is 22.6. The van der Waals surface area contributed by atoms with E-state index in [1.165, 1.54) is 12.1 Å². The first-order valence-corrected chi connectivity index (χ1v) is 7.87. The van der Waals surface area contributed by atoms with Gasteiger partial charge in [0.05, 0.1) is 16.8 Å². The van der Waals surface area contributed by atoms with E-state index in [9.17, 15) is 9.18 Å². The van der Waals surface area contributed by atoms with Crippen LogP contribution in [0.1, 0.15) is 26.2 Å². The van der Waals surface area contributed by atoms with Crippen LogP contribution in [0, 0.1) is 11.7 Å². The molecule has 0 spiro atoms. The van der Waals surface area contributed by atoms with E-state index >= 15 is 0 Å². The first-order valence-electron chi connectivity index (χ1n) is 6.70. The Bertz CT molecular complexity index is 489. The van der Waals surface area contributed by atoms with Crippen LogP contribution in [-0.2, 0) is 4.79 Å². The molecule has 1 saturated heterocycles. The van der Waals surface area contributed by atoms with Gasteiger partial charge in [-0.15, -0.1) is 0 Å². The Balaban J connectivity index is 2.08. The molecule has 0 saturated carbocycles. The van der Waals surface area contributed by atoms with Crippen molar-refractivity contribution >= 4 is 39.1 Å². The van der Waals surface area contributed by atoms with Crippen molar-refractivity contribution in [1.82, 2.24) is 5.32 Å². The maximum absolute atomic E-state index is 13.2. The second-order valence-corrected chi connectivity index (χ2v) is 6.30. The van der Waals surface area contributed by atoms with E-state index in [2.05, 4.69) is 33.5 Å². The molecule has 20 heavy (non-hydrogen) atoms. The van der Waals surface area contributed by atoms with Crippen molar-refractivity contribution in [3.8, 4) is 0 Å². The smallest absolute Gasteiger partial charge is 0.241 e. The van der Waals surface area contributed by atoms with Crippen LogP contribution >= 0.6 is 27.5 Å². The van der Waals surface area contributed by atoms with Crippen molar-refractivity contribution in [1.29, 1.82) is 0 Å². The fourth-order valence-corrected chi connectivity index (χ4v) is 3.34. The van der Waals surface area contributed by atoms with Gasteiger partial charge >= 0.3 is 0 Å². The van der Waals surface area contributed by atoms with Crippen LogP contribution in [0.25, 0.3) is 0 Å². The zero-order valence-corrected chi connectivity index (χ0v) is 13.5. The number of benzene rings is 1. The fourth-order valence-electron chi connectivity index (χ4n) is 2.44. The third-order valence-corrected chi connectivity index (χ3v) is 4.58. The van der Waals surface area contributed by atoms with E-state index in [1.54, 1.807) is 0 Å². The van der Waals surface area contributed by atoms with E-state index < -0.39 is 5.82 Å². The highest BCUT2D eigenvalue weighted by molar-refractivity contribution is 9.10. The minimum atomic E-state index is -0.443. The number of nitrogens with one attached hydrogen (secondary N) is 2. The number of halogens is 3. The molecule has 1 aliphatic rings. The van der Waals surface area contributed by atoms with Gasteiger partial charge in [0.2, 0.25) is 5.91 Å². The lowest BCUT2D eigenvalue weighted by atomic mass is 9.90. The highest BCUT2D eigenvalue weighted by atomic mass is 79.9. The number of carbonyl (C=O) groups is 1. The fraction of sp³-hybridized carbons (Fsp3) is 0.500. The van der Waals surface area contributed by atoms with Crippen molar-refractivity contribution < 1.29 is 9.18 Å². The lowest BCUT2D eigenvalue weighted by Gasteiger charge is -2.29. The Morgan fingerprint density at radius 1 is 1.60 bits per heavy atom. The molecule has 0 bridgehead atoms. The summed E-state index contributed by atoms with van der Waals surface area (Å²) in [6, 6.07) is 2.25. The Morgan fingerprint density at radius 3 is 3.00 bits per heavy atom. The molecule has 2 N–H and O–H groups in total. The molecule has 2 atom stereocenters. The van der Waals surface area contributed by atoms with E-state index in [0.717, 1.165) is 25.8 Å². The quantitative estimate of drug-likeness (QED) is 0.853. The summed E-state index contributed by atoms with van der Waals surface area (Å²) in [5.74, 6) is -0.00167. The van der Waals surface area contributed by atoms with Gasteiger partial charge < -0.3 is 10.6 Å². The van der Waals surface area contributed by atoms with Gasteiger partial charge in [-0.3, -0.25) is 4.79 Å². The van der Waals surface area contributed by atoms with Crippen LogP contribution in [-0.4, -0.2) is 18.5 Å². The molecule has 1 amide bonds. The zero-order valence-electron chi connectivity index (χ0n) is 11.2. The van der Waals surface area contributed by atoms with Gasteiger partial charge in [0.1, 0.15) is 5.82 Å². The van der Waals surface area contributed by atoms with Gasteiger partial charge in [-0.2, -0.15) is 0 Å². The summed E-state index contributed by atoms with van der Waals surface area (Å²) < 4.78 is 13.6. The average molecular weight is 364 g/mol. The summed E-state index contributed by atoms with van der Waals surface area (Å²) in [4.78, 5) is 12.3. The topological polar surface area (TPSA) is 41.1 Å². The number of hydrogen-bond acceptors (Lipinski definition) is 2. The highest BCUT2D eigenvalue weighted by Crippen LogP contribution is 2.32. The highest BCUT2D eigenvalue weighted by Gasteiger charge is 2.26. The molecule has 0 radical (unpaired) electrons. The van der Waals surface area contributed by atoms with Crippen LogP contribution in [0.3, 0.4) is 0 Å². The van der Waals surface area contributed by atoms with Crippen LogP contribution in [0.15, 0.2) is 16.6 Å². The summed E-state index contributed by atoms with van der Waals surface area (Å²) >= 11 is 9.19. The maximum atomic E-state index is 13.2. The third-order valence-electron chi connectivity index (χ3n) is 3.66. The van der Waals surface area contributed by atoms with Gasteiger partial charge in [0.15, 0.2) is 0 Å². The number of amides is 1. The van der Waals surface area contributed by atoms with Crippen molar-refractivity contribution in [3.05, 3.63) is 27.4 Å². The molecule has 2 unspecified atom stereocenters. The largest absolute Gasteiger partial charge is 0.322 e. The Labute approximate surface area is 131 Å². The van der Waals surface area contributed by atoms with Gasteiger partial charge in [0.25, 0.3) is 0 Å². The first-order chi connectivity index (χ1) is 9.51. The lowest BCUT2D eigenvalue weighted by Crippen LogP contribution is -2.46. The molecule has 3 nitrogen and oxygen atoms in total. The van der Waals surface area contributed by atoms with Crippen molar-refractivity contribution in [2.75, 3.05) is 11.9 Å². The molecule has 1 heterocycles. The molecular formula is C14H17BrClFN2O. The second-order valence-electron chi connectivity index (χ2n) is 5.04. The molecule has 1 aliphatic heterocycles. The number of rotatable bonds is 3. The van der Waals surface area contributed by atoms with E-state index in [0.29, 0.717) is 16.1 Å². The lowest BCUT2D eigenvalue weighted by molar-refractivity contribution is -0.119. The summed E-state index contributed by atoms with van der Waals surface area (Å²) in [5.41, 5.74) is 0.415. The second kappa shape index (κ2) is 6.87. The Hall–Kier alpha value is -0.650. The molecule has 1 fully saturated rings. The Kier molecular flexibility index (Phi) is 5.41. The zero-order chi connectivity index (χ0) is 14.7.